The molecule has 0 fully saturated rings. The van der Waals surface area contributed by atoms with E-state index in [9.17, 15) is 26.4 Å². The molecule has 13 heteroatoms. The van der Waals surface area contributed by atoms with E-state index in [-0.39, 0.29) is 14.7 Å². The van der Waals surface area contributed by atoms with Crippen molar-refractivity contribution >= 4 is 38.0 Å². The van der Waals surface area contributed by atoms with Crippen molar-refractivity contribution in [1.29, 1.82) is 0 Å². The van der Waals surface area contributed by atoms with Gasteiger partial charge in [-0.15, -0.1) is 11.6 Å². The number of hydrogen-bond donors (Lipinski definition) is 0. The minimum absolute atomic E-state index is 0.114. The van der Waals surface area contributed by atoms with Crippen molar-refractivity contribution < 1.29 is 43.5 Å². The van der Waals surface area contributed by atoms with E-state index >= 15 is 8.78 Å². The molecule has 0 spiro atoms. The summed E-state index contributed by atoms with van der Waals surface area (Å²) in [6, 6.07) is 22.2. The third-order valence-corrected chi connectivity index (χ3v) is 10.2. The van der Waals surface area contributed by atoms with E-state index in [1.54, 1.807) is 18.2 Å². The molecule has 0 aliphatic heterocycles. The molecular weight excluding hydrogens is 551 g/mol. The van der Waals surface area contributed by atoms with Gasteiger partial charge in [-0.1, -0.05) is 54.6 Å². The first-order chi connectivity index (χ1) is 16.9. The van der Waals surface area contributed by atoms with Crippen molar-refractivity contribution in [2.24, 2.45) is 0 Å². The summed E-state index contributed by atoms with van der Waals surface area (Å²) in [5.74, 6) is -3.10. The largest absolute Gasteiger partial charge is 0.444 e. The van der Waals surface area contributed by atoms with Gasteiger partial charge in [0.05, 0.1) is 0 Å². The van der Waals surface area contributed by atoms with Gasteiger partial charge >= 0.3 is 27.5 Å². The maximum Gasteiger partial charge on any atom is 0.432 e. The Labute approximate surface area is 210 Å². The Morgan fingerprint density at radius 3 is 1.42 bits per heavy atom. The zero-order valence-electron chi connectivity index (χ0n) is 18.1. The Balaban J connectivity index is 2.28. The number of carbonyl (C=O) groups is 1. The molecule has 0 saturated heterocycles. The molecule has 0 N–H and O–H groups in total. The van der Waals surface area contributed by atoms with E-state index in [1.807, 2.05) is 0 Å². The maximum absolute atomic E-state index is 15.2. The molecular formula is C23H18ClF5O5S2. The van der Waals surface area contributed by atoms with E-state index in [0.717, 1.165) is 0 Å². The summed E-state index contributed by atoms with van der Waals surface area (Å²) < 4.78 is 106. The molecule has 3 aromatic rings. The smallest absolute Gasteiger partial charge is 0.432 e. The Bertz CT molecular complexity index is 1180. The van der Waals surface area contributed by atoms with Crippen molar-refractivity contribution in [3.05, 3.63) is 91.0 Å². The average molecular weight is 569 g/mol. The van der Waals surface area contributed by atoms with Crippen LogP contribution in [0.25, 0.3) is 0 Å². The molecule has 5 nitrogen and oxygen atoms in total. The van der Waals surface area contributed by atoms with Gasteiger partial charge in [-0.2, -0.15) is 30.4 Å². The lowest BCUT2D eigenvalue weighted by molar-refractivity contribution is -0.257. The molecule has 0 amide bonds. The highest BCUT2D eigenvalue weighted by Crippen LogP contribution is 2.70. The first-order valence-corrected chi connectivity index (χ1v) is 13.5. The minimum atomic E-state index is -6.43. The zero-order chi connectivity index (χ0) is 26.6. The van der Waals surface area contributed by atoms with Crippen molar-refractivity contribution in [1.82, 2.24) is 0 Å². The van der Waals surface area contributed by atoms with Crippen LogP contribution in [0.5, 0.6) is 0 Å². The summed E-state index contributed by atoms with van der Waals surface area (Å²) in [5, 5.41) is -5.73. The Hall–Kier alpha value is -2.67. The lowest BCUT2D eigenvalue weighted by atomic mass is 10.3. The number of hydrogen-bond acceptors (Lipinski definition) is 5. The average Bonchev–Trinajstić information content (AvgIpc) is 2.86. The number of alkyl halides is 6. The fourth-order valence-electron chi connectivity index (χ4n) is 3.16. The van der Waals surface area contributed by atoms with Gasteiger partial charge in [0.1, 0.15) is 5.88 Å². The number of rotatable bonds is 9. The Morgan fingerprint density at radius 1 is 0.750 bits per heavy atom. The number of carbonyl (C=O) groups excluding carboxylic acids is 1. The molecule has 194 valence electrons. The van der Waals surface area contributed by atoms with Gasteiger partial charge < -0.3 is 4.74 Å². The van der Waals surface area contributed by atoms with Gasteiger partial charge in [-0.05, 0) is 46.7 Å². The molecule has 3 rings (SSSR count). The molecule has 0 saturated carbocycles. The normalized spacial score (nSPS) is 14.2. The van der Waals surface area contributed by atoms with E-state index in [0.29, 0.717) is 0 Å². The molecule has 0 aromatic heterocycles. The van der Waals surface area contributed by atoms with Gasteiger partial charge in [0.2, 0.25) is 0 Å². The van der Waals surface area contributed by atoms with Crippen LogP contribution >= 0.6 is 21.9 Å². The first kappa shape index (κ1) is 27.9. The highest BCUT2D eigenvalue weighted by molar-refractivity contribution is 8.33. The van der Waals surface area contributed by atoms with Crippen LogP contribution in [0, 0.1) is 0 Å². The van der Waals surface area contributed by atoms with Gasteiger partial charge in [0, 0.05) is 14.7 Å². The number of esters is 1. The highest BCUT2D eigenvalue weighted by atomic mass is 35.5. The second-order valence-corrected chi connectivity index (χ2v) is 11.9. The molecule has 0 aliphatic rings. The highest BCUT2D eigenvalue weighted by Gasteiger charge is 2.68. The molecule has 0 radical (unpaired) electrons. The van der Waals surface area contributed by atoms with E-state index in [2.05, 4.69) is 4.74 Å². The Morgan fingerprint density at radius 2 is 1.11 bits per heavy atom. The summed E-state index contributed by atoms with van der Waals surface area (Å²) in [4.78, 5) is 11.7. The lowest BCUT2D eigenvalue weighted by Gasteiger charge is -2.40. The molecule has 1 unspecified atom stereocenters. The zero-order valence-corrected chi connectivity index (χ0v) is 20.5. The van der Waals surface area contributed by atoms with Gasteiger partial charge in [-0.3, -0.25) is 4.79 Å². The van der Waals surface area contributed by atoms with Crippen LogP contribution in [0.1, 0.15) is 0 Å². The van der Waals surface area contributed by atoms with Crippen molar-refractivity contribution in [3.63, 3.8) is 0 Å². The second kappa shape index (κ2) is 10.8. The predicted molar refractivity (Wildman–Crippen MR) is 123 cm³/mol. The van der Waals surface area contributed by atoms with Crippen LogP contribution in [0.15, 0.2) is 106 Å². The van der Waals surface area contributed by atoms with E-state index in [1.165, 1.54) is 72.8 Å². The number of benzene rings is 3. The maximum atomic E-state index is 15.2. The van der Waals surface area contributed by atoms with Crippen LogP contribution in [0.3, 0.4) is 0 Å². The Kier molecular flexibility index (Phi) is 8.33. The van der Waals surface area contributed by atoms with Crippen LogP contribution in [-0.4, -0.2) is 37.8 Å². The fraction of sp³-hybridized carbons (Fsp3) is 0.174. The SMILES string of the molecule is O=C(CCl)OC(C(F)(F)F)C(F)(F)S(=O)(=O)OS(c1ccccc1)(c1ccccc1)c1ccccc1. The quantitative estimate of drug-likeness (QED) is 0.167. The van der Waals surface area contributed by atoms with Gasteiger partial charge in [0.25, 0.3) is 6.10 Å². The van der Waals surface area contributed by atoms with E-state index < -0.39 is 49.8 Å². The van der Waals surface area contributed by atoms with Crippen LogP contribution in [0.4, 0.5) is 22.0 Å². The third-order valence-electron chi connectivity index (χ3n) is 4.71. The molecule has 0 aliphatic carbocycles. The molecule has 3 aromatic carbocycles. The molecule has 0 bridgehead atoms. The van der Waals surface area contributed by atoms with Crippen LogP contribution < -0.4 is 0 Å². The number of halogens is 6. The van der Waals surface area contributed by atoms with Gasteiger partial charge in [-0.25, -0.2) is 3.63 Å². The van der Waals surface area contributed by atoms with Crippen molar-refractivity contribution in [3.8, 4) is 0 Å². The minimum Gasteiger partial charge on any atom is -0.444 e. The van der Waals surface area contributed by atoms with Crippen LogP contribution in [0.2, 0.25) is 0 Å². The summed E-state index contributed by atoms with van der Waals surface area (Å²) in [6.45, 7) is 0. The molecule has 0 heterocycles. The first-order valence-electron chi connectivity index (χ1n) is 10.0. The summed E-state index contributed by atoms with van der Waals surface area (Å²) in [7, 11) is -10.0. The molecule has 36 heavy (non-hydrogen) atoms. The topological polar surface area (TPSA) is 69.7 Å². The van der Waals surface area contributed by atoms with Crippen molar-refractivity contribution in [2.75, 3.05) is 5.88 Å². The predicted octanol–water partition coefficient (Wildman–Crippen LogP) is 6.54. The van der Waals surface area contributed by atoms with Crippen LogP contribution in [-0.2, 0) is 23.3 Å². The summed E-state index contributed by atoms with van der Waals surface area (Å²) in [5.41, 5.74) is 0. The third kappa shape index (κ3) is 5.51. The standard InChI is InChI=1S/C23H18ClF5O5S2/c24-16-20(30)33-21(22(25,26)27)23(28,29)36(31,32)34-35(17-10-4-1-5-11-17,18-12-6-2-7-13-18)19-14-8-3-9-15-19/h1-15,21H,16H2. The second-order valence-electron chi connectivity index (χ2n) is 7.12. The molecule has 1 atom stereocenters. The summed E-state index contributed by atoms with van der Waals surface area (Å²) in [6.07, 6.45) is -10.3. The van der Waals surface area contributed by atoms with E-state index in [4.69, 9.17) is 15.2 Å². The number of ether oxygens (including phenoxy) is 1. The fourth-order valence-corrected chi connectivity index (χ4v) is 8.49. The van der Waals surface area contributed by atoms with Crippen molar-refractivity contribution in [2.45, 2.75) is 32.2 Å². The summed E-state index contributed by atoms with van der Waals surface area (Å²) >= 11 is 5.09. The monoisotopic (exact) mass is 568 g/mol. The van der Waals surface area contributed by atoms with Gasteiger partial charge in [0.15, 0.2) is 0 Å². The lowest BCUT2D eigenvalue weighted by Crippen LogP contribution is -2.53.